The van der Waals surface area contributed by atoms with Gasteiger partial charge in [-0.05, 0) is 54.5 Å². The van der Waals surface area contributed by atoms with E-state index in [9.17, 15) is 14.4 Å². The van der Waals surface area contributed by atoms with Gasteiger partial charge in [0.05, 0.1) is 5.69 Å². The molecule has 7 nitrogen and oxygen atoms in total. The fraction of sp³-hybridized carbons (Fsp3) is 0.360. The topological polar surface area (TPSA) is 88.1 Å². The van der Waals surface area contributed by atoms with Crippen molar-refractivity contribution in [2.24, 2.45) is 5.92 Å². The summed E-state index contributed by atoms with van der Waals surface area (Å²) in [6, 6.07) is 10.3. The van der Waals surface area contributed by atoms with Crippen LogP contribution in [0.1, 0.15) is 53.3 Å². The van der Waals surface area contributed by atoms with Crippen molar-refractivity contribution < 1.29 is 14.0 Å². The number of nitrogens with one attached hydrogen (secondary N) is 1. The first kappa shape index (κ1) is 20.1. The number of amides is 1. The second-order valence-electron chi connectivity index (χ2n) is 9.23. The summed E-state index contributed by atoms with van der Waals surface area (Å²) >= 11 is 0. The number of hydrogen-bond donors (Lipinski definition) is 1. The van der Waals surface area contributed by atoms with Crippen LogP contribution in [0.25, 0.3) is 16.8 Å². The number of aromatic nitrogens is 3. The van der Waals surface area contributed by atoms with E-state index in [-0.39, 0.29) is 29.2 Å². The Morgan fingerprint density at radius 1 is 1.03 bits per heavy atom. The molecule has 0 bridgehead atoms. The van der Waals surface area contributed by atoms with Crippen molar-refractivity contribution in [3.05, 3.63) is 69.7 Å². The van der Waals surface area contributed by atoms with Crippen molar-refractivity contribution in [2.45, 2.75) is 38.0 Å². The normalized spacial score (nSPS) is 19.8. The van der Waals surface area contributed by atoms with E-state index >= 15 is 4.39 Å². The van der Waals surface area contributed by atoms with E-state index in [1.807, 2.05) is 17.0 Å². The van der Waals surface area contributed by atoms with E-state index in [1.165, 1.54) is 10.6 Å². The molecule has 0 spiro atoms. The van der Waals surface area contributed by atoms with Crippen LogP contribution in [-0.2, 0) is 11.2 Å². The zero-order chi connectivity index (χ0) is 22.7. The van der Waals surface area contributed by atoms with Crippen LogP contribution in [0, 0.1) is 11.7 Å². The van der Waals surface area contributed by atoms with E-state index in [4.69, 9.17) is 0 Å². The summed E-state index contributed by atoms with van der Waals surface area (Å²) in [7, 11) is 0. The van der Waals surface area contributed by atoms with Crippen molar-refractivity contribution in [1.29, 1.82) is 0 Å². The van der Waals surface area contributed by atoms with Crippen LogP contribution in [0.2, 0.25) is 0 Å². The smallest absolute Gasteiger partial charge is 0.342 e. The van der Waals surface area contributed by atoms with Crippen molar-refractivity contribution in [3.8, 4) is 16.8 Å². The lowest BCUT2D eigenvalue weighted by Crippen LogP contribution is -2.30. The molecule has 3 aromatic rings. The molecule has 8 heteroatoms. The van der Waals surface area contributed by atoms with Crippen LogP contribution < -0.4 is 5.69 Å². The minimum Gasteiger partial charge on any atom is -0.342 e. The Hall–Kier alpha value is -3.55. The highest BCUT2D eigenvalue weighted by atomic mass is 19.1. The third-order valence-corrected chi connectivity index (χ3v) is 7.04. The number of H-pyrrole nitrogens is 1. The molecule has 2 fully saturated rings. The fourth-order valence-corrected chi connectivity index (χ4v) is 5.08. The van der Waals surface area contributed by atoms with Gasteiger partial charge >= 0.3 is 5.69 Å². The number of carbonyl (C=O) groups excluding carboxylic acids is 2. The molecule has 1 atom stereocenters. The molecule has 1 unspecified atom stereocenters. The number of hydrogen-bond acceptors (Lipinski definition) is 4. The highest BCUT2D eigenvalue weighted by molar-refractivity contribution is 6.01. The molecule has 1 saturated carbocycles. The summed E-state index contributed by atoms with van der Waals surface area (Å²) < 4.78 is 16.6. The number of halogens is 1. The Balaban J connectivity index is 1.30. The van der Waals surface area contributed by atoms with E-state index in [2.05, 4.69) is 10.2 Å². The number of carbonyl (C=O) groups is 2. The molecule has 1 aromatic heterocycles. The van der Waals surface area contributed by atoms with Crippen LogP contribution in [0.15, 0.2) is 41.2 Å². The van der Waals surface area contributed by atoms with Gasteiger partial charge in [0, 0.05) is 36.9 Å². The van der Waals surface area contributed by atoms with Crippen molar-refractivity contribution in [1.82, 2.24) is 19.7 Å². The van der Waals surface area contributed by atoms with E-state index in [0.29, 0.717) is 43.7 Å². The van der Waals surface area contributed by atoms with Gasteiger partial charge in [0.15, 0.2) is 5.78 Å². The van der Waals surface area contributed by atoms with Gasteiger partial charge in [-0.3, -0.25) is 9.59 Å². The van der Waals surface area contributed by atoms with Gasteiger partial charge in [-0.2, -0.15) is 5.10 Å². The predicted octanol–water partition coefficient (Wildman–Crippen LogP) is 3.22. The summed E-state index contributed by atoms with van der Waals surface area (Å²) in [5.74, 6) is 0.265. The Kier molecular flexibility index (Phi) is 4.57. The number of nitrogens with zero attached hydrogens (tertiary/aromatic N) is 3. The van der Waals surface area contributed by atoms with Crippen LogP contribution >= 0.6 is 0 Å². The number of aromatic amines is 1. The first-order valence-corrected chi connectivity index (χ1v) is 11.4. The second-order valence-corrected chi connectivity index (χ2v) is 9.23. The lowest BCUT2D eigenvalue weighted by atomic mass is 10.00. The predicted molar refractivity (Wildman–Crippen MR) is 119 cm³/mol. The summed E-state index contributed by atoms with van der Waals surface area (Å²) in [6.07, 6.45) is 3.81. The van der Waals surface area contributed by atoms with Crippen molar-refractivity contribution in [2.75, 3.05) is 13.1 Å². The van der Waals surface area contributed by atoms with Crippen LogP contribution in [-0.4, -0.2) is 44.4 Å². The van der Waals surface area contributed by atoms with Gasteiger partial charge in [-0.1, -0.05) is 24.3 Å². The van der Waals surface area contributed by atoms with Gasteiger partial charge in [-0.25, -0.2) is 18.9 Å². The number of fused-ring (bicyclic) bond motifs is 1. The average Bonchev–Trinajstić information content (AvgIpc) is 3.25. The quantitative estimate of drug-likeness (QED) is 0.667. The minimum atomic E-state index is -0.530. The monoisotopic (exact) mass is 446 g/mol. The Morgan fingerprint density at radius 3 is 2.61 bits per heavy atom. The van der Waals surface area contributed by atoms with Crippen LogP contribution in [0.5, 0.6) is 0 Å². The third-order valence-electron chi connectivity index (χ3n) is 7.04. The van der Waals surface area contributed by atoms with E-state index < -0.39 is 11.5 Å². The maximum Gasteiger partial charge on any atom is 0.348 e. The number of likely N-dealkylation sites (tertiary alicyclic amines) is 1. The molecule has 168 valence electrons. The lowest BCUT2D eigenvalue weighted by molar-refractivity contribution is -0.131. The highest BCUT2D eigenvalue weighted by Gasteiger charge is 2.38. The third kappa shape index (κ3) is 3.41. The molecular weight excluding hydrogens is 423 g/mol. The van der Waals surface area contributed by atoms with E-state index in [1.54, 1.807) is 18.2 Å². The van der Waals surface area contributed by atoms with Crippen molar-refractivity contribution >= 4 is 11.7 Å². The van der Waals surface area contributed by atoms with Gasteiger partial charge < -0.3 is 4.90 Å². The number of benzene rings is 2. The molecule has 1 N–H and O–H groups in total. The zero-order valence-electron chi connectivity index (χ0n) is 18.0. The number of rotatable bonds is 4. The maximum atomic E-state index is 15.3. The summed E-state index contributed by atoms with van der Waals surface area (Å²) in [6.45, 7) is 1.12. The molecule has 3 aliphatic rings. The van der Waals surface area contributed by atoms with E-state index in [0.717, 1.165) is 29.5 Å². The van der Waals surface area contributed by atoms with Crippen LogP contribution in [0.4, 0.5) is 4.39 Å². The lowest BCUT2D eigenvalue weighted by Gasteiger charge is -2.16. The van der Waals surface area contributed by atoms with Gasteiger partial charge in [0.1, 0.15) is 11.6 Å². The molecule has 2 heterocycles. The maximum absolute atomic E-state index is 15.3. The first-order chi connectivity index (χ1) is 16.0. The molecule has 1 amide bonds. The molecule has 0 radical (unpaired) electrons. The number of aryl methyl sites for hydroxylation is 1. The van der Waals surface area contributed by atoms with Gasteiger partial charge in [0.25, 0.3) is 0 Å². The summed E-state index contributed by atoms with van der Waals surface area (Å²) in [5.41, 5.74) is 2.88. The Bertz CT molecular complexity index is 1350. The van der Waals surface area contributed by atoms with Gasteiger partial charge in [0.2, 0.25) is 5.91 Å². The molecule has 2 aliphatic carbocycles. The molecule has 1 saturated heterocycles. The minimum absolute atomic E-state index is 0.125. The SMILES string of the molecule is O=C1CCc2cc(-c3ccc(-n4c(C5CCN(C(=O)C6CC6)C5)n[nH]c4=O)c(F)c3)ccc21. The molecule has 2 aromatic carbocycles. The zero-order valence-corrected chi connectivity index (χ0v) is 18.0. The molecule has 1 aliphatic heterocycles. The second kappa shape index (κ2) is 7.50. The highest BCUT2D eigenvalue weighted by Crippen LogP contribution is 2.35. The Morgan fingerprint density at radius 2 is 1.82 bits per heavy atom. The number of ketones is 1. The molecule has 33 heavy (non-hydrogen) atoms. The Labute approximate surface area is 189 Å². The standard InChI is InChI=1S/C25H23FN4O3/c26-20-12-16(15-3-6-19-17(11-15)5-8-22(19)31)4-7-21(20)30-23(27-28-25(30)33)18-9-10-29(13-18)24(32)14-1-2-14/h3-4,6-7,11-12,14,18H,1-2,5,8-10,13H2,(H,28,33). The fourth-order valence-electron chi connectivity index (χ4n) is 5.08. The summed E-state index contributed by atoms with van der Waals surface area (Å²) in [4.78, 5) is 38.7. The number of Topliss-reactive ketones (excluding diaryl/α,β-unsaturated/α-hetero) is 1. The van der Waals surface area contributed by atoms with Crippen LogP contribution in [0.3, 0.4) is 0 Å². The van der Waals surface area contributed by atoms with Crippen molar-refractivity contribution in [3.63, 3.8) is 0 Å². The largest absolute Gasteiger partial charge is 0.348 e. The van der Waals surface area contributed by atoms with Gasteiger partial charge in [-0.15, -0.1) is 0 Å². The summed E-state index contributed by atoms with van der Waals surface area (Å²) in [5, 5.41) is 6.64. The molecule has 6 rings (SSSR count). The molecular formula is C25H23FN4O3. The average molecular weight is 446 g/mol. The first-order valence-electron chi connectivity index (χ1n) is 11.4.